The van der Waals surface area contributed by atoms with Gasteiger partial charge < -0.3 is 14.2 Å². The number of aryl methyl sites for hydroxylation is 2. The van der Waals surface area contributed by atoms with Crippen molar-refractivity contribution >= 4 is 6.09 Å². The van der Waals surface area contributed by atoms with Gasteiger partial charge >= 0.3 is 18.4 Å². The Morgan fingerprint density at radius 3 is 2.36 bits per heavy atom. The van der Waals surface area contributed by atoms with Gasteiger partial charge in [0.1, 0.15) is 17.5 Å². The standard InChI is InChI=1S/C29H30F6N4O3/c1-17(36-26(40)41-27(2,3)4)39-15-5-6-23(39)25-37-24(38-42-25)20-12-11-19(22(16-20)29(33,34)35)10-7-18-8-13-21(14-9-18)28(30,31)32/h8-9,11-14,16,23H,1,5-7,10,15H2,2-4H3,(H,36,40)/t23-/m0/s1. The predicted molar refractivity (Wildman–Crippen MR) is 141 cm³/mol. The van der Waals surface area contributed by atoms with Gasteiger partial charge in [0.15, 0.2) is 0 Å². The van der Waals surface area contributed by atoms with Crippen LogP contribution in [0.1, 0.15) is 67.8 Å². The lowest BCUT2D eigenvalue weighted by molar-refractivity contribution is -0.138. The highest BCUT2D eigenvalue weighted by Gasteiger charge is 2.36. The molecule has 1 N–H and O–H groups in total. The van der Waals surface area contributed by atoms with Crippen molar-refractivity contribution in [2.24, 2.45) is 0 Å². The van der Waals surface area contributed by atoms with Gasteiger partial charge in [-0.1, -0.05) is 36.0 Å². The molecule has 7 nitrogen and oxygen atoms in total. The zero-order valence-electron chi connectivity index (χ0n) is 23.2. The molecule has 4 rings (SSSR count). The Morgan fingerprint density at radius 1 is 1.05 bits per heavy atom. The molecule has 0 bridgehead atoms. The molecule has 1 aliphatic heterocycles. The minimum absolute atomic E-state index is 0.0126. The summed E-state index contributed by atoms with van der Waals surface area (Å²) in [7, 11) is 0. The van der Waals surface area contributed by atoms with E-state index in [1.807, 2.05) is 0 Å². The van der Waals surface area contributed by atoms with E-state index >= 15 is 0 Å². The van der Waals surface area contributed by atoms with E-state index in [1.54, 1.807) is 25.7 Å². The van der Waals surface area contributed by atoms with Crippen LogP contribution in [0.2, 0.25) is 0 Å². The molecule has 1 atom stereocenters. The van der Waals surface area contributed by atoms with Gasteiger partial charge in [-0.25, -0.2) is 4.79 Å². The number of hydrogen-bond acceptors (Lipinski definition) is 6. The molecule has 0 aliphatic carbocycles. The van der Waals surface area contributed by atoms with E-state index in [0.717, 1.165) is 24.6 Å². The molecule has 1 aromatic heterocycles. The maximum Gasteiger partial charge on any atom is 0.416 e. The molecule has 0 saturated carbocycles. The van der Waals surface area contributed by atoms with Gasteiger partial charge in [0, 0.05) is 12.1 Å². The molecule has 3 aromatic rings. The zero-order chi connectivity index (χ0) is 30.9. The Kier molecular flexibility index (Phi) is 8.60. The first-order valence-corrected chi connectivity index (χ1v) is 13.2. The molecule has 1 amide bonds. The van der Waals surface area contributed by atoms with Crippen molar-refractivity contribution in [1.29, 1.82) is 0 Å². The van der Waals surface area contributed by atoms with Crippen molar-refractivity contribution in [3.8, 4) is 11.4 Å². The quantitative estimate of drug-likeness (QED) is 0.282. The lowest BCUT2D eigenvalue weighted by Crippen LogP contribution is -2.37. The molecule has 1 aliphatic rings. The number of alkyl halides is 6. The normalized spacial score (nSPS) is 16.0. The summed E-state index contributed by atoms with van der Waals surface area (Å²) in [5.74, 6) is 0.389. The van der Waals surface area contributed by atoms with Crippen molar-refractivity contribution in [2.75, 3.05) is 6.54 Å². The van der Waals surface area contributed by atoms with Crippen LogP contribution in [-0.2, 0) is 29.9 Å². The minimum Gasteiger partial charge on any atom is -0.444 e. The van der Waals surface area contributed by atoms with Crippen molar-refractivity contribution in [3.63, 3.8) is 0 Å². The monoisotopic (exact) mass is 596 g/mol. The van der Waals surface area contributed by atoms with Gasteiger partial charge in [-0.3, -0.25) is 5.32 Å². The van der Waals surface area contributed by atoms with Crippen LogP contribution >= 0.6 is 0 Å². The Balaban J connectivity index is 1.49. The van der Waals surface area contributed by atoms with Crippen molar-refractivity contribution in [1.82, 2.24) is 20.4 Å². The number of nitrogens with one attached hydrogen (secondary N) is 1. The smallest absolute Gasteiger partial charge is 0.416 e. The molecule has 2 heterocycles. The number of amides is 1. The Hall–Kier alpha value is -4.03. The first kappa shape index (κ1) is 30.9. The average molecular weight is 597 g/mol. The summed E-state index contributed by atoms with van der Waals surface area (Å²) in [5.41, 5.74) is -1.87. The summed E-state index contributed by atoms with van der Waals surface area (Å²) in [5, 5.41) is 6.48. The largest absolute Gasteiger partial charge is 0.444 e. The van der Waals surface area contributed by atoms with Crippen LogP contribution in [0.3, 0.4) is 0 Å². The maximum atomic E-state index is 14.0. The van der Waals surface area contributed by atoms with Crippen LogP contribution in [0.4, 0.5) is 31.1 Å². The van der Waals surface area contributed by atoms with E-state index in [4.69, 9.17) is 9.26 Å². The molecule has 0 radical (unpaired) electrons. The fourth-order valence-corrected chi connectivity index (χ4v) is 4.66. The predicted octanol–water partition coefficient (Wildman–Crippen LogP) is 7.69. The van der Waals surface area contributed by atoms with Crippen LogP contribution in [0.25, 0.3) is 11.4 Å². The van der Waals surface area contributed by atoms with E-state index < -0.39 is 41.2 Å². The van der Waals surface area contributed by atoms with Crippen molar-refractivity contribution in [2.45, 2.75) is 70.4 Å². The summed E-state index contributed by atoms with van der Waals surface area (Å²) in [6, 6.07) is 7.58. The molecule has 226 valence electrons. The van der Waals surface area contributed by atoms with E-state index in [1.165, 1.54) is 24.3 Å². The van der Waals surface area contributed by atoms with Crippen molar-refractivity contribution in [3.05, 3.63) is 83.0 Å². The molecular weight excluding hydrogens is 566 g/mol. The first-order valence-electron chi connectivity index (χ1n) is 13.2. The number of nitrogens with zero attached hydrogens (tertiary/aromatic N) is 3. The van der Waals surface area contributed by atoms with E-state index in [-0.39, 0.29) is 41.5 Å². The highest BCUT2D eigenvalue weighted by atomic mass is 19.4. The molecule has 1 saturated heterocycles. The number of hydrogen-bond donors (Lipinski definition) is 1. The molecule has 42 heavy (non-hydrogen) atoms. The van der Waals surface area contributed by atoms with Crippen molar-refractivity contribution < 1.29 is 40.4 Å². The van der Waals surface area contributed by atoms with E-state index in [9.17, 15) is 31.1 Å². The SMILES string of the molecule is C=C(NC(=O)OC(C)(C)C)N1CCC[C@H]1c1nc(-c2ccc(CCc3ccc(C(F)(F)F)cc3)c(C(F)(F)F)c2)no1. The molecule has 13 heteroatoms. The van der Waals surface area contributed by atoms with E-state index in [0.29, 0.717) is 18.5 Å². The van der Waals surface area contributed by atoms with E-state index in [2.05, 4.69) is 22.0 Å². The summed E-state index contributed by atoms with van der Waals surface area (Å²) >= 11 is 0. The van der Waals surface area contributed by atoms with Crippen LogP contribution in [0, 0.1) is 0 Å². The van der Waals surface area contributed by atoms with Gasteiger partial charge in [0.25, 0.3) is 0 Å². The molecule has 0 spiro atoms. The third-order valence-electron chi connectivity index (χ3n) is 6.61. The molecule has 0 unspecified atom stereocenters. The van der Waals surface area contributed by atoms with Gasteiger partial charge in [0.2, 0.25) is 11.7 Å². The molecular formula is C29H30F6N4O3. The number of ether oxygens (including phenoxy) is 1. The Labute approximate surface area is 238 Å². The number of halogens is 6. The molecule has 1 fully saturated rings. The minimum atomic E-state index is -4.69. The number of carbonyl (C=O) groups excluding carboxylic acids is 1. The second-order valence-electron chi connectivity index (χ2n) is 10.9. The van der Waals surface area contributed by atoms with Gasteiger partial charge in [-0.05, 0) is 75.8 Å². The number of alkyl carbamates (subject to hydrolysis) is 1. The lowest BCUT2D eigenvalue weighted by atomic mass is 9.97. The second-order valence-corrected chi connectivity index (χ2v) is 10.9. The number of aromatic nitrogens is 2. The van der Waals surface area contributed by atoms with Gasteiger partial charge in [0.05, 0.1) is 11.1 Å². The fourth-order valence-electron chi connectivity index (χ4n) is 4.66. The number of benzene rings is 2. The summed E-state index contributed by atoms with van der Waals surface area (Å²) in [6.07, 6.45) is -8.47. The topological polar surface area (TPSA) is 80.5 Å². The second kappa shape index (κ2) is 11.7. The lowest BCUT2D eigenvalue weighted by Gasteiger charge is -2.27. The third kappa shape index (κ3) is 7.62. The van der Waals surface area contributed by atoms with Crippen LogP contribution in [-0.4, -0.2) is 33.3 Å². The zero-order valence-corrected chi connectivity index (χ0v) is 23.2. The average Bonchev–Trinajstić information content (AvgIpc) is 3.55. The maximum absolute atomic E-state index is 14.0. The van der Waals surface area contributed by atoms with Gasteiger partial charge in [-0.15, -0.1) is 0 Å². The van der Waals surface area contributed by atoms with Crippen LogP contribution < -0.4 is 5.32 Å². The number of likely N-dealkylation sites (tertiary alicyclic amines) is 1. The first-order chi connectivity index (χ1) is 19.5. The highest BCUT2D eigenvalue weighted by molar-refractivity contribution is 5.69. The number of carbonyl (C=O) groups is 1. The molecule has 2 aromatic carbocycles. The number of rotatable bonds is 7. The summed E-state index contributed by atoms with van der Waals surface area (Å²) in [6.45, 7) is 9.61. The summed E-state index contributed by atoms with van der Waals surface area (Å²) in [4.78, 5) is 18.3. The van der Waals surface area contributed by atoms with Crippen LogP contribution in [0.5, 0.6) is 0 Å². The Bertz CT molecular complexity index is 1420. The fraction of sp³-hybridized carbons (Fsp3) is 0.414. The summed E-state index contributed by atoms with van der Waals surface area (Å²) < 4.78 is 91.1. The van der Waals surface area contributed by atoms with Gasteiger partial charge in [-0.2, -0.15) is 31.3 Å². The third-order valence-corrected chi connectivity index (χ3v) is 6.61. The highest BCUT2D eigenvalue weighted by Crippen LogP contribution is 2.37. The Morgan fingerprint density at radius 2 is 1.74 bits per heavy atom. The van der Waals surface area contributed by atoms with Crippen LogP contribution in [0.15, 0.2) is 59.4 Å².